The summed E-state index contributed by atoms with van der Waals surface area (Å²) >= 11 is 5.73. The van der Waals surface area contributed by atoms with Crippen LogP contribution >= 0.6 is 11.6 Å². The Bertz CT molecular complexity index is 705. The van der Waals surface area contributed by atoms with E-state index in [4.69, 9.17) is 11.6 Å². The third-order valence-electron chi connectivity index (χ3n) is 6.10. The van der Waals surface area contributed by atoms with E-state index in [1.54, 1.807) is 12.1 Å². The SMILES string of the molecule is CCCCC[C@H]1CC[C@H](CCc2ccc(-c3ccc(Cl)nc3F)cc2)CC1. The van der Waals surface area contributed by atoms with Crippen molar-refractivity contribution < 1.29 is 4.39 Å². The van der Waals surface area contributed by atoms with Gasteiger partial charge in [-0.2, -0.15) is 4.39 Å². The number of benzene rings is 1. The van der Waals surface area contributed by atoms with Crippen LogP contribution in [0, 0.1) is 17.8 Å². The molecule has 0 saturated heterocycles. The fourth-order valence-electron chi connectivity index (χ4n) is 4.34. The summed E-state index contributed by atoms with van der Waals surface area (Å²) in [5.41, 5.74) is 2.70. The van der Waals surface area contributed by atoms with Crippen molar-refractivity contribution in [1.29, 1.82) is 0 Å². The van der Waals surface area contributed by atoms with Crippen LogP contribution in [0.25, 0.3) is 11.1 Å². The van der Waals surface area contributed by atoms with Crippen molar-refractivity contribution >= 4 is 11.6 Å². The van der Waals surface area contributed by atoms with Crippen molar-refractivity contribution in [3.05, 3.63) is 53.1 Å². The average Bonchev–Trinajstić information content (AvgIpc) is 2.68. The van der Waals surface area contributed by atoms with Gasteiger partial charge in [-0.05, 0) is 47.9 Å². The van der Waals surface area contributed by atoms with E-state index in [2.05, 4.69) is 24.0 Å². The Balaban J connectivity index is 1.46. The van der Waals surface area contributed by atoms with Gasteiger partial charge in [0.05, 0.1) is 0 Å². The first-order chi connectivity index (χ1) is 13.2. The number of nitrogens with zero attached hydrogens (tertiary/aromatic N) is 1. The number of aromatic nitrogens is 1. The summed E-state index contributed by atoms with van der Waals surface area (Å²) in [4.78, 5) is 3.70. The number of aryl methyl sites for hydroxylation is 1. The molecule has 0 atom stereocenters. The predicted molar refractivity (Wildman–Crippen MR) is 113 cm³/mol. The molecule has 3 heteroatoms. The van der Waals surface area contributed by atoms with Crippen molar-refractivity contribution in [3.8, 4) is 11.1 Å². The molecule has 1 fully saturated rings. The van der Waals surface area contributed by atoms with Crippen LogP contribution in [0.1, 0.15) is 70.3 Å². The molecule has 0 N–H and O–H groups in total. The molecule has 1 aliphatic carbocycles. The molecular formula is C24H31ClFN. The van der Waals surface area contributed by atoms with Crippen molar-refractivity contribution in [2.75, 3.05) is 0 Å². The van der Waals surface area contributed by atoms with E-state index in [1.165, 1.54) is 63.4 Å². The van der Waals surface area contributed by atoms with Crippen molar-refractivity contribution in [3.63, 3.8) is 0 Å². The van der Waals surface area contributed by atoms with Gasteiger partial charge >= 0.3 is 0 Å². The lowest BCUT2D eigenvalue weighted by Gasteiger charge is -2.28. The van der Waals surface area contributed by atoms with Gasteiger partial charge in [0.2, 0.25) is 5.95 Å². The zero-order valence-electron chi connectivity index (χ0n) is 16.4. The third-order valence-corrected chi connectivity index (χ3v) is 6.31. The maximum Gasteiger partial charge on any atom is 0.222 e. The molecule has 2 aromatic rings. The molecule has 3 rings (SSSR count). The zero-order chi connectivity index (χ0) is 19.1. The van der Waals surface area contributed by atoms with E-state index in [0.717, 1.165) is 23.8 Å². The van der Waals surface area contributed by atoms with Gasteiger partial charge in [0, 0.05) is 5.56 Å². The molecule has 1 aliphatic rings. The smallest absolute Gasteiger partial charge is 0.207 e. The van der Waals surface area contributed by atoms with Crippen LogP contribution in [-0.4, -0.2) is 4.98 Å². The van der Waals surface area contributed by atoms with Gasteiger partial charge in [-0.1, -0.05) is 94.2 Å². The summed E-state index contributed by atoms with van der Waals surface area (Å²) < 4.78 is 14.0. The van der Waals surface area contributed by atoms with Crippen molar-refractivity contribution in [2.24, 2.45) is 11.8 Å². The number of halogens is 2. The molecule has 1 nitrogen and oxygen atoms in total. The maximum absolute atomic E-state index is 14.0. The molecule has 0 unspecified atom stereocenters. The Kier molecular flexibility index (Phi) is 7.70. The highest BCUT2D eigenvalue weighted by molar-refractivity contribution is 6.29. The topological polar surface area (TPSA) is 12.9 Å². The lowest BCUT2D eigenvalue weighted by molar-refractivity contribution is 0.249. The van der Waals surface area contributed by atoms with Crippen molar-refractivity contribution in [2.45, 2.75) is 71.1 Å². The minimum absolute atomic E-state index is 0.188. The zero-order valence-corrected chi connectivity index (χ0v) is 17.1. The number of pyridine rings is 1. The summed E-state index contributed by atoms with van der Waals surface area (Å²) in [5.74, 6) is 1.35. The van der Waals surface area contributed by atoms with E-state index >= 15 is 0 Å². The summed E-state index contributed by atoms with van der Waals surface area (Å²) in [6, 6.07) is 11.6. The van der Waals surface area contributed by atoms with Gasteiger partial charge < -0.3 is 0 Å². The van der Waals surface area contributed by atoms with Crippen molar-refractivity contribution in [1.82, 2.24) is 4.98 Å². The van der Waals surface area contributed by atoms with E-state index in [0.29, 0.717) is 5.56 Å². The number of hydrogen-bond donors (Lipinski definition) is 0. The quantitative estimate of drug-likeness (QED) is 0.331. The largest absolute Gasteiger partial charge is 0.222 e. The molecule has 146 valence electrons. The molecule has 1 saturated carbocycles. The second-order valence-corrected chi connectivity index (χ2v) is 8.48. The lowest BCUT2D eigenvalue weighted by atomic mass is 9.78. The molecule has 0 radical (unpaired) electrons. The second kappa shape index (κ2) is 10.2. The Morgan fingerprint density at radius 1 is 0.926 bits per heavy atom. The molecule has 1 heterocycles. The van der Waals surface area contributed by atoms with Gasteiger partial charge in [-0.3, -0.25) is 0 Å². The van der Waals surface area contributed by atoms with Crippen LogP contribution in [0.4, 0.5) is 4.39 Å². The van der Waals surface area contributed by atoms with Crippen LogP contribution in [0.3, 0.4) is 0 Å². The fourth-order valence-corrected chi connectivity index (χ4v) is 4.48. The molecule has 0 bridgehead atoms. The normalized spacial score (nSPS) is 20.0. The van der Waals surface area contributed by atoms with Gasteiger partial charge in [-0.25, -0.2) is 4.98 Å². The summed E-state index contributed by atoms with van der Waals surface area (Å²) in [6.07, 6.45) is 13.6. The van der Waals surface area contributed by atoms with E-state index in [-0.39, 0.29) is 5.15 Å². The molecular weight excluding hydrogens is 357 g/mol. The Morgan fingerprint density at radius 2 is 1.59 bits per heavy atom. The highest BCUT2D eigenvalue weighted by Gasteiger charge is 2.20. The molecule has 1 aromatic carbocycles. The number of unbranched alkanes of at least 4 members (excludes halogenated alkanes) is 2. The van der Waals surface area contributed by atoms with E-state index < -0.39 is 5.95 Å². The Morgan fingerprint density at radius 3 is 2.22 bits per heavy atom. The Hall–Kier alpha value is -1.41. The van der Waals surface area contributed by atoms with Crippen LogP contribution in [0.15, 0.2) is 36.4 Å². The standard InChI is InChI=1S/C24H31ClFN/c1-2-3-4-5-18-6-8-19(9-7-18)10-11-20-12-14-21(15-13-20)22-16-17-23(25)27-24(22)26/h12-19H,2-11H2,1H3/t18-,19-. The molecule has 0 aliphatic heterocycles. The number of rotatable bonds is 8. The summed E-state index contributed by atoms with van der Waals surface area (Å²) in [7, 11) is 0. The predicted octanol–water partition coefficient (Wildman–Crippen LogP) is 7.86. The molecule has 27 heavy (non-hydrogen) atoms. The van der Waals surface area contributed by atoms with Gasteiger partial charge in [0.15, 0.2) is 0 Å². The van der Waals surface area contributed by atoms with Gasteiger partial charge in [0.1, 0.15) is 5.15 Å². The Labute approximate surface area is 168 Å². The van der Waals surface area contributed by atoms with Gasteiger partial charge in [0.25, 0.3) is 0 Å². The molecule has 1 aromatic heterocycles. The van der Waals surface area contributed by atoms with E-state index in [1.807, 2.05) is 12.1 Å². The average molecular weight is 388 g/mol. The molecule has 0 spiro atoms. The minimum Gasteiger partial charge on any atom is -0.207 e. The maximum atomic E-state index is 14.0. The van der Waals surface area contributed by atoms with Crippen LogP contribution < -0.4 is 0 Å². The first kappa shape index (κ1) is 20.3. The fraction of sp³-hybridized carbons (Fsp3) is 0.542. The highest BCUT2D eigenvalue weighted by Crippen LogP contribution is 2.34. The van der Waals surface area contributed by atoms with Crippen LogP contribution in [-0.2, 0) is 6.42 Å². The molecule has 0 amide bonds. The second-order valence-electron chi connectivity index (χ2n) is 8.09. The van der Waals surface area contributed by atoms with Crippen LogP contribution in [0.2, 0.25) is 5.15 Å². The lowest BCUT2D eigenvalue weighted by Crippen LogP contribution is -2.15. The third kappa shape index (κ3) is 6.04. The van der Waals surface area contributed by atoms with E-state index in [9.17, 15) is 4.39 Å². The first-order valence-electron chi connectivity index (χ1n) is 10.6. The monoisotopic (exact) mass is 387 g/mol. The summed E-state index contributed by atoms with van der Waals surface area (Å²) in [6.45, 7) is 2.28. The number of hydrogen-bond acceptors (Lipinski definition) is 1. The highest BCUT2D eigenvalue weighted by atomic mass is 35.5. The van der Waals surface area contributed by atoms with Gasteiger partial charge in [-0.15, -0.1) is 0 Å². The minimum atomic E-state index is -0.508. The van der Waals surface area contributed by atoms with Crippen LogP contribution in [0.5, 0.6) is 0 Å². The summed E-state index contributed by atoms with van der Waals surface area (Å²) in [5, 5.41) is 0.188. The first-order valence-corrected chi connectivity index (χ1v) is 10.9.